The lowest BCUT2D eigenvalue weighted by molar-refractivity contribution is 0.245. The van der Waals surface area contributed by atoms with Crippen LogP contribution in [0.15, 0.2) is 18.2 Å². The van der Waals surface area contributed by atoms with Crippen molar-refractivity contribution in [3.63, 3.8) is 0 Å². The van der Waals surface area contributed by atoms with Crippen molar-refractivity contribution >= 4 is 0 Å². The highest BCUT2D eigenvalue weighted by Gasteiger charge is 2.11. The lowest BCUT2D eigenvalue weighted by Gasteiger charge is -2.17. The summed E-state index contributed by atoms with van der Waals surface area (Å²) in [5.74, 6) is 2.24. The lowest BCUT2D eigenvalue weighted by atomic mass is 10.1. The Morgan fingerprint density at radius 2 is 1.95 bits per heavy atom. The third-order valence-electron chi connectivity index (χ3n) is 2.66. The second kappa shape index (κ2) is 8.81. The van der Waals surface area contributed by atoms with Gasteiger partial charge in [-0.25, -0.2) is 0 Å². The van der Waals surface area contributed by atoms with Crippen molar-refractivity contribution in [3.8, 4) is 11.5 Å². The van der Waals surface area contributed by atoms with Gasteiger partial charge in [0.15, 0.2) is 11.5 Å². The van der Waals surface area contributed by atoms with Crippen LogP contribution in [0.3, 0.4) is 0 Å². The van der Waals surface area contributed by atoms with Gasteiger partial charge in [-0.15, -0.1) is 0 Å². The maximum atomic E-state index is 5.95. The van der Waals surface area contributed by atoms with Gasteiger partial charge in [0.1, 0.15) is 0 Å². The quantitative estimate of drug-likeness (QED) is 0.692. The monoisotopic (exact) mass is 265 g/mol. The molecule has 0 unspecified atom stereocenters. The predicted octanol–water partition coefficient (Wildman–Crippen LogP) is 3.62. The van der Waals surface area contributed by atoms with E-state index in [1.807, 2.05) is 19.1 Å². The van der Waals surface area contributed by atoms with Crippen molar-refractivity contribution in [3.05, 3.63) is 23.8 Å². The fraction of sp³-hybridized carbons (Fsp3) is 0.625. The number of hydrogen-bond donors (Lipinski definition) is 1. The van der Waals surface area contributed by atoms with Gasteiger partial charge in [0, 0.05) is 12.1 Å². The number of rotatable bonds is 9. The van der Waals surface area contributed by atoms with Crippen LogP contribution < -0.4 is 14.8 Å². The Balaban J connectivity index is 2.83. The summed E-state index contributed by atoms with van der Waals surface area (Å²) in [4.78, 5) is 0. The zero-order valence-corrected chi connectivity index (χ0v) is 12.7. The second-order valence-corrected chi connectivity index (χ2v) is 5.06. The number of hydrogen-bond acceptors (Lipinski definition) is 3. The van der Waals surface area contributed by atoms with E-state index in [2.05, 4.69) is 32.2 Å². The van der Waals surface area contributed by atoms with Crippen LogP contribution in [-0.2, 0) is 6.54 Å². The molecule has 0 aliphatic heterocycles. The maximum Gasteiger partial charge on any atom is 0.165 e. The van der Waals surface area contributed by atoms with E-state index in [-0.39, 0.29) is 0 Å². The van der Waals surface area contributed by atoms with Gasteiger partial charge < -0.3 is 14.8 Å². The van der Waals surface area contributed by atoms with E-state index in [0.29, 0.717) is 19.1 Å². The molecule has 1 N–H and O–H groups in total. The molecule has 0 amide bonds. The molecule has 0 heterocycles. The Hall–Kier alpha value is -1.22. The van der Waals surface area contributed by atoms with Gasteiger partial charge in [-0.05, 0) is 31.9 Å². The van der Waals surface area contributed by atoms with Crippen molar-refractivity contribution in [1.82, 2.24) is 5.32 Å². The summed E-state index contributed by atoms with van der Waals surface area (Å²) >= 11 is 0. The summed E-state index contributed by atoms with van der Waals surface area (Å²) in [6.45, 7) is 11.7. The Labute approximate surface area is 117 Å². The van der Waals surface area contributed by atoms with Crippen LogP contribution in [0.25, 0.3) is 0 Å². The van der Waals surface area contributed by atoms with E-state index in [1.54, 1.807) is 0 Å². The zero-order chi connectivity index (χ0) is 14.1. The summed E-state index contributed by atoms with van der Waals surface area (Å²) in [5.41, 5.74) is 1.17. The molecule has 0 aliphatic carbocycles. The van der Waals surface area contributed by atoms with Gasteiger partial charge in [0.05, 0.1) is 13.2 Å². The molecule has 1 aromatic carbocycles. The SMILES string of the molecule is CCCNCc1cccc(OCC)c1OCC(C)C. The molecule has 19 heavy (non-hydrogen) atoms. The standard InChI is InChI=1S/C16H27NO2/c1-5-10-17-11-14-8-7-9-15(18-6-2)16(14)19-12-13(3)4/h7-9,13,17H,5-6,10-12H2,1-4H3. The number of nitrogens with one attached hydrogen (secondary N) is 1. The Morgan fingerprint density at radius 3 is 2.58 bits per heavy atom. The Bertz CT molecular complexity index is 364. The van der Waals surface area contributed by atoms with Crippen molar-refractivity contribution in [2.75, 3.05) is 19.8 Å². The first-order valence-electron chi connectivity index (χ1n) is 7.27. The van der Waals surface area contributed by atoms with Crippen LogP contribution in [0.4, 0.5) is 0 Å². The molecule has 1 aromatic rings. The topological polar surface area (TPSA) is 30.5 Å². The highest BCUT2D eigenvalue weighted by molar-refractivity contribution is 5.46. The smallest absolute Gasteiger partial charge is 0.165 e. The van der Waals surface area contributed by atoms with E-state index in [9.17, 15) is 0 Å². The molecule has 0 aromatic heterocycles. The number of ether oxygens (including phenoxy) is 2. The first kappa shape index (κ1) is 15.8. The van der Waals surface area contributed by atoms with Crippen LogP contribution in [0.2, 0.25) is 0 Å². The molecule has 0 atom stereocenters. The van der Waals surface area contributed by atoms with Crippen molar-refractivity contribution in [2.45, 2.75) is 40.7 Å². The van der Waals surface area contributed by atoms with Crippen LogP contribution >= 0.6 is 0 Å². The predicted molar refractivity (Wildman–Crippen MR) is 79.9 cm³/mol. The van der Waals surface area contributed by atoms with Crippen molar-refractivity contribution in [2.24, 2.45) is 5.92 Å². The zero-order valence-electron chi connectivity index (χ0n) is 12.7. The molecule has 3 nitrogen and oxygen atoms in total. The van der Waals surface area contributed by atoms with E-state index in [0.717, 1.165) is 31.0 Å². The maximum absolute atomic E-state index is 5.95. The van der Waals surface area contributed by atoms with E-state index < -0.39 is 0 Å². The molecule has 0 fully saturated rings. The molecule has 0 spiro atoms. The third kappa shape index (κ3) is 5.52. The minimum Gasteiger partial charge on any atom is -0.490 e. The molecule has 0 bridgehead atoms. The average molecular weight is 265 g/mol. The van der Waals surface area contributed by atoms with Gasteiger partial charge in [0.2, 0.25) is 0 Å². The van der Waals surface area contributed by atoms with Gasteiger partial charge in [-0.3, -0.25) is 0 Å². The minimum absolute atomic E-state index is 0.506. The first-order chi connectivity index (χ1) is 9.19. The van der Waals surface area contributed by atoms with Crippen LogP contribution in [0, 0.1) is 5.92 Å². The third-order valence-corrected chi connectivity index (χ3v) is 2.66. The van der Waals surface area contributed by atoms with Gasteiger partial charge in [0.25, 0.3) is 0 Å². The molecular formula is C16H27NO2. The fourth-order valence-electron chi connectivity index (χ4n) is 1.78. The van der Waals surface area contributed by atoms with Crippen LogP contribution in [0.1, 0.15) is 39.7 Å². The second-order valence-electron chi connectivity index (χ2n) is 5.06. The molecule has 0 saturated heterocycles. The van der Waals surface area contributed by atoms with Crippen molar-refractivity contribution in [1.29, 1.82) is 0 Å². The summed E-state index contributed by atoms with van der Waals surface area (Å²) in [7, 11) is 0. The molecule has 108 valence electrons. The lowest BCUT2D eigenvalue weighted by Crippen LogP contribution is -2.16. The summed E-state index contributed by atoms with van der Waals surface area (Å²) in [6, 6.07) is 6.10. The average Bonchev–Trinajstić information content (AvgIpc) is 2.38. The van der Waals surface area contributed by atoms with Crippen LogP contribution in [0.5, 0.6) is 11.5 Å². The molecule has 1 rings (SSSR count). The molecule has 0 aliphatic rings. The van der Waals surface area contributed by atoms with Gasteiger partial charge >= 0.3 is 0 Å². The highest BCUT2D eigenvalue weighted by Crippen LogP contribution is 2.31. The number of benzene rings is 1. The summed E-state index contributed by atoms with van der Waals surface area (Å²) in [5, 5.41) is 3.41. The highest BCUT2D eigenvalue weighted by atomic mass is 16.5. The Morgan fingerprint density at radius 1 is 1.16 bits per heavy atom. The summed E-state index contributed by atoms with van der Waals surface area (Å²) < 4.78 is 11.6. The molecule has 0 saturated carbocycles. The largest absolute Gasteiger partial charge is 0.490 e. The van der Waals surface area contributed by atoms with Gasteiger partial charge in [-0.1, -0.05) is 32.9 Å². The minimum atomic E-state index is 0.506. The van der Waals surface area contributed by atoms with E-state index in [4.69, 9.17) is 9.47 Å². The summed E-state index contributed by atoms with van der Waals surface area (Å²) in [6.07, 6.45) is 1.13. The molecular weight excluding hydrogens is 238 g/mol. The van der Waals surface area contributed by atoms with E-state index >= 15 is 0 Å². The van der Waals surface area contributed by atoms with Crippen molar-refractivity contribution < 1.29 is 9.47 Å². The normalized spacial score (nSPS) is 10.8. The molecule has 0 radical (unpaired) electrons. The van der Waals surface area contributed by atoms with Gasteiger partial charge in [-0.2, -0.15) is 0 Å². The molecule has 3 heteroatoms. The number of para-hydroxylation sites is 1. The Kier molecular flexibility index (Phi) is 7.34. The fourth-order valence-corrected chi connectivity index (χ4v) is 1.78. The first-order valence-corrected chi connectivity index (χ1v) is 7.27. The van der Waals surface area contributed by atoms with E-state index in [1.165, 1.54) is 5.56 Å². The van der Waals surface area contributed by atoms with Crippen LogP contribution in [-0.4, -0.2) is 19.8 Å².